The third kappa shape index (κ3) is 4.00. The Labute approximate surface area is 148 Å². The zero-order valence-corrected chi connectivity index (χ0v) is 14.7. The summed E-state index contributed by atoms with van der Waals surface area (Å²) in [5.41, 5.74) is 1.95. The number of benzene rings is 3. The first-order valence-electron chi connectivity index (χ1n) is 8.68. The van der Waals surface area contributed by atoms with E-state index in [0.29, 0.717) is 5.92 Å². The average molecular weight is 333 g/mol. The van der Waals surface area contributed by atoms with E-state index in [2.05, 4.69) is 25.2 Å². The molecule has 3 nitrogen and oxygen atoms in total. The second kappa shape index (κ2) is 7.84. The van der Waals surface area contributed by atoms with Crippen LogP contribution in [0.2, 0.25) is 0 Å². The zero-order valence-electron chi connectivity index (χ0n) is 14.7. The molecular weight excluding hydrogens is 310 g/mol. The Morgan fingerprint density at radius 3 is 2.56 bits per heavy atom. The van der Waals surface area contributed by atoms with Crippen LogP contribution >= 0.6 is 0 Å². The first-order chi connectivity index (χ1) is 12.2. The molecule has 1 amide bonds. The predicted octanol–water partition coefficient (Wildman–Crippen LogP) is 5.37. The number of anilines is 1. The molecule has 0 aromatic heterocycles. The van der Waals surface area contributed by atoms with Gasteiger partial charge in [0, 0.05) is 11.1 Å². The van der Waals surface area contributed by atoms with Crippen molar-refractivity contribution in [2.24, 2.45) is 0 Å². The van der Waals surface area contributed by atoms with Crippen LogP contribution < -0.4 is 10.1 Å². The molecule has 0 bridgehead atoms. The number of hydrogen-bond donors (Lipinski definition) is 1. The lowest BCUT2D eigenvalue weighted by Crippen LogP contribution is -2.20. The highest BCUT2D eigenvalue weighted by molar-refractivity contribution is 6.02. The number of carbonyl (C=O) groups is 1. The fourth-order valence-corrected chi connectivity index (χ4v) is 2.90. The molecule has 1 unspecified atom stereocenters. The molecule has 0 aliphatic carbocycles. The fraction of sp³-hybridized carbons (Fsp3) is 0.227. The Balaban J connectivity index is 1.70. The minimum absolute atomic E-state index is 0.00330. The number of para-hydroxylation sites is 1. The molecule has 0 radical (unpaired) electrons. The lowest BCUT2D eigenvalue weighted by Gasteiger charge is -2.15. The van der Waals surface area contributed by atoms with Crippen LogP contribution in [-0.2, 0) is 4.79 Å². The van der Waals surface area contributed by atoms with E-state index in [1.807, 2.05) is 60.7 Å². The van der Waals surface area contributed by atoms with E-state index in [1.54, 1.807) is 0 Å². The number of rotatable bonds is 6. The SMILES string of the molecule is CCC(C)c1ccccc1OCC(=O)Nc1cccc2ccccc12. The first-order valence-corrected chi connectivity index (χ1v) is 8.68. The highest BCUT2D eigenvalue weighted by Crippen LogP contribution is 2.28. The highest BCUT2D eigenvalue weighted by atomic mass is 16.5. The molecule has 0 fully saturated rings. The van der Waals surface area contributed by atoms with Gasteiger partial charge in [0.2, 0.25) is 0 Å². The number of carbonyl (C=O) groups excluding carboxylic acids is 1. The Morgan fingerprint density at radius 2 is 1.72 bits per heavy atom. The molecule has 3 aromatic carbocycles. The molecule has 0 aliphatic heterocycles. The van der Waals surface area contributed by atoms with Crippen LogP contribution in [0.1, 0.15) is 31.7 Å². The van der Waals surface area contributed by atoms with Crippen molar-refractivity contribution in [2.75, 3.05) is 11.9 Å². The molecule has 1 N–H and O–H groups in total. The molecule has 0 spiro atoms. The van der Waals surface area contributed by atoms with Crippen molar-refractivity contribution >= 4 is 22.4 Å². The van der Waals surface area contributed by atoms with Crippen molar-refractivity contribution in [1.82, 2.24) is 0 Å². The van der Waals surface area contributed by atoms with E-state index >= 15 is 0 Å². The number of nitrogens with one attached hydrogen (secondary N) is 1. The topological polar surface area (TPSA) is 38.3 Å². The minimum Gasteiger partial charge on any atom is -0.483 e. The van der Waals surface area contributed by atoms with Gasteiger partial charge >= 0.3 is 0 Å². The summed E-state index contributed by atoms with van der Waals surface area (Å²) in [4.78, 5) is 12.3. The van der Waals surface area contributed by atoms with E-state index in [9.17, 15) is 4.79 Å². The monoisotopic (exact) mass is 333 g/mol. The van der Waals surface area contributed by atoms with Gasteiger partial charge in [-0.1, -0.05) is 68.4 Å². The first kappa shape index (κ1) is 17.0. The van der Waals surface area contributed by atoms with Gasteiger partial charge in [0.15, 0.2) is 6.61 Å². The van der Waals surface area contributed by atoms with Gasteiger partial charge in [-0.3, -0.25) is 4.79 Å². The molecule has 0 saturated carbocycles. The Morgan fingerprint density at radius 1 is 1.00 bits per heavy atom. The third-order valence-corrected chi connectivity index (χ3v) is 4.48. The van der Waals surface area contributed by atoms with E-state index in [4.69, 9.17) is 4.74 Å². The molecule has 3 rings (SSSR count). The zero-order chi connectivity index (χ0) is 17.6. The van der Waals surface area contributed by atoms with Crippen molar-refractivity contribution in [3.05, 3.63) is 72.3 Å². The molecule has 0 heterocycles. The average Bonchev–Trinajstić information content (AvgIpc) is 2.66. The second-order valence-electron chi connectivity index (χ2n) is 6.21. The van der Waals surface area contributed by atoms with Crippen LogP contribution in [0.4, 0.5) is 5.69 Å². The lowest BCUT2D eigenvalue weighted by atomic mass is 9.98. The van der Waals surface area contributed by atoms with Gasteiger partial charge in [0.25, 0.3) is 5.91 Å². The summed E-state index contributed by atoms with van der Waals surface area (Å²) in [6.45, 7) is 4.31. The summed E-state index contributed by atoms with van der Waals surface area (Å²) >= 11 is 0. The largest absolute Gasteiger partial charge is 0.483 e. The van der Waals surface area contributed by atoms with Gasteiger partial charge < -0.3 is 10.1 Å². The van der Waals surface area contributed by atoms with Crippen molar-refractivity contribution in [2.45, 2.75) is 26.2 Å². The highest BCUT2D eigenvalue weighted by Gasteiger charge is 2.12. The molecular formula is C22H23NO2. The van der Waals surface area contributed by atoms with Gasteiger partial charge in [0.05, 0.1) is 0 Å². The quantitative estimate of drug-likeness (QED) is 0.658. The number of amides is 1. The van der Waals surface area contributed by atoms with E-state index in [0.717, 1.165) is 34.2 Å². The van der Waals surface area contributed by atoms with Gasteiger partial charge in [-0.25, -0.2) is 0 Å². The van der Waals surface area contributed by atoms with Gasteiger partial charge in [-0.2, -0.15) is 0 Å². The summed E-state index contributed by atoms with van der Waals surface area (Å²) in [6, 6.07) is 21.8. The van der Waals surface area contributed by atoms with Gasteiger partial charge in [0.1, 0.15) is 5.75 Å². The maximum Gasteiger partial charge on any atom is 0.262 e. The van der Waals surface area contributed by atoms with Gasteiger partial charge in [-0.05, 0) is 35.4 Å². The summed E-state index contributed by atoms with van der Waals surface area (Å²) in [6.07, 6.45) is 1.03. The normalized spacial score (nSPS) is 11.9. The van der Waals surface area contributed by atoms with E-state index in [1.165, 1.54) is 0 Å². The maximum absolute atomic E-state index is 12.3. The standard InChI is InChI=1S/C22H23NO2/c1-3-16(2)18-11-6-7-14-21(18)25-15-22(24)23-20-13-8-10-17-9-4-5-12-19(17)20/h4-14,16H,3,15H2,1-2H3,(H,23,24). The minimum atomic E-state index is -0.157. The van der Waals surface area contributed by atoms with Crippen LogP contribution in [-0.4, -0.2) is 12.5 Å². The molecule has 25 heavy (non-hydrogen) atoms. The molecule has 128 valence electrons. The predicted molar refractivity (Wildman–Crippen MR) is 103 cm³/mol. The third-order valence-electron chi connectivity index (χ3n) is 4.48. The number of hydrogen-bond acceptors (Lipinski definition) is 2. The van der Waals surface area contributed by atoms with Crippen molar-refractivity contribution in [3.63, 3.8) is 0 Å². The van der Waals surface area contributed by atoms with Crippen molar-refractivity contribution in [1.29, 1.82) is 0 Å². The van der Waals surface area contributed by atoms with Crippen LogP contribution in [0, 0.1) is 0 Å². The van der Waals surface area contributed by atoms with Crippen LogP contribution in [0.25, 0.3) is 10.8 Å². The molecule has 0 aliphatic rings. The van der Waals surface area contributed by atoms with Gasteiger partial charge in [-0.15, -0.1) is 0 Å². The molecule has 3 aromatic rings. The molecule has 1 atom stereocenters. The van der Waals surface area contributed by atoms with Crippen LogP contribution in [0.5, 0.6) is 5.75 Å². The Kier molecular flexibility index (Phi) is 5.34. The lowest BCUT2D eigenvalue weighted by molar-refractivity contribution is -0.118. The van der Waals surface area contributed by atoms with E-state index < -0.39 is 0 Å². The van der Waals surface area contributed by atoms with Crippen LogP contribution in [0.3, 0.4) is 0 Å². The van der Waals surface area contributed by atoms with Crippen molar-refractivity contribution < 1.29 is 9.53 Å². The van der Waals surface area contributed by atoms with Crippen molar-refractivity contribution in [3.8, 4) is 5.75 Å². The summed E-state index contributed by atoms with van der Waals surface area (Å²) in [5, 5.41) is 5.08. The number of ether oxygens (including phenoxy) is 1. The fourth-order valence-electron chi connectivity index (χ4n) is 2.90. The van der Waals surface area contributed by atoms with Crippen LogP contribution in [0.15, 0.2) is 66.7 Å². The summed E-state index contributed by atoms with van der Waals surface area (Å²) in [7, 11) is 0. The summed E-state index contributed by atoms with van der Waals surface area (Å²) < 4.78 is 5.79. The number of fused-ring (bicyclic) bond motifs is 1. The summed E-state index contributed by atoms with van der Waals surface area (Å²) in [5.74, 6) is 1.03. The Hall–Kier alpha value is -2.81. The second-order valence-corrected chi connectivity index (χ2v) is 6.21. The molecule has 3 heteroatoms. The van der Waals surface area contributed by atoms with E-state index in [-0.39, 0.29) is 12.5 Å². The maximum atomic E-state index is 12.3. The molecule has 0 saturated heterocycles. The Bertz CT molecular complexity index is 867. The smallest absolute Gasteiger partial charge is 0.262 e.